The molecule has 1 aliphatic carbocycles. The Kier molecular flexibility index (Phi) is 3.23. The minimum atomic E-state index is -1.13. The normalized spacial score (nSPS) is 31.2. The van der Waals surface area contributed by atoms with Crippen LogP contribution in [0.25, 0.3) is 0 Å². The van der Waals surface area contributed by atoms with E-state index < -0.39 is 5.41 Å². The summed E-state index contributed by atoms with van der Waals surface area (Å²) in [5.74, 6) is -0.395. The van der Waals surface area contributed by atoms with Gasteiger partial charge in [0.25, 0.3) is 0 Å². The summed E-state index contributed by atoms with van der Waals surface area (Å²) in [5, 5.41) is 3.71. The van der Waals surface area contributed by atoms with Gasteiger partial charge in [-0.25, -0.2) is 0 Å². The highest BCUT2D eigenvalue weighted by atomic mass is 35.5. The van der Waals surface area contributed by atoms with Crippen molar-refractivity contribution in [3.63, 3.8) is 0 Å². The van der Waals surface area contributed by atoms with E-state index in [4.69, 9.17) is 23.8 Å². The van der Waals surface area contributed by atoms with Crippen molar-refractivity contribution in [2.45, 2.75) is 44.2 Å². The Labute approximate surface area is 156 Å². The van der Waals surface area contributed by atoms with Crippen molar-refractivity contribution in [1.29, 1.82) is 0 Å². The number of rotatable bonds is 1. The quantitative estimate of drug-likeness (QED) is 0.604. The monoisotopic (exact) mass is 375 g/mol. The second-order valence-corrected chi connectivity index (χ2v) is 8.20. The summed E-state index contributed by atoms with van der Waals surface area (Å²) in [6.45, 7) is 0.841. The summed E-state index contributed by atoms with van der Waals surface area (Å²) in [5.41, 5.74) is 0.834. The number of benzene rings is 1. The summed E-state index contributed by atoms with van der Waals surface area (Å²) in [6, 6.07) is 5.82. The molecule has 3 heterocycles. The lowest BCUT2D eigenvalue weighted by Crippen LogP contribution is -2.71. The number of hydrogen-bond donors (Lipinski definition) is 1. The van der Waals surface area contributed by atoms with Gasteiger partial charge in [0, 0.05) is 29.7 Å². The SMILES string of the molecule is O=C1NC(=S)N(C2CC2)C(=O)C12Cc1c(Cl)cccc1N1CCCC12. The Morgan fingerprint density at radius 3 is 2.80 bits per heavy atom. The van der Waals surface area contributed by atoms with E-state index in [1.807, 2.05) is 18.2 Å². The van der Waals surface area contributed by atoms with Gasteiger partial charge >= 0.3 is 0 Å². The number of nitrogens with zero attached hydrogens (tertiary/aromatic N) is 2. The van der Waals surface area contributed by atoms with Crippen molar-refractivity contribution in [3.05, 3.63) is 28.8 Å². The molecule has 4 aliphatic rings. The molecule has 2 amide bonds. The zero-order valence-electron chi connectivity index (χ0n) is 13.6. The van der Waals surface area contributed by atoms with E-state index in [0.717, 1.165) is 43.5 Å². The molecule has 3 aliphatic heterocycles. The fourth-order valence-corrected chi connectivity index (χ4v) is 5.30. The first kappa shape index (κ1) is 15.6. The number of fused-ring (bicyclic) bond motifs is 4. The number of hydrogen-bond acceptors (Lipinski definition) is 4. The first-order chi connectivity index (χ1) is 12.0. The van der Waals surface area contributed by atoms with Crippen LogP contribution < -0.4 is 10.2 Å². The van der Waals surface area contributed by atoms with Gasteiger partial charge in [-0.2, -0.15) is 0 Å². The third-order valence-electron chi connectivity index (χ3n) is 6.04. The molecule has 0 bridgehead atoms. The third-order valence-corrected chi connectivity index (χ3v) is 6.69. The molecule has 2 atom stereocenters. The van der Waals surface area contributed by atoms with E-state index in [2.05, 4.69) is 10.2 Å². The highest BCUT2D eigenvalue weighted by Gasteiger charge is 2.63. The smallest absolute Gasteiger partial charge is 0.247 e. The van der Waals surface area contributed by atoms with Gasteiger partial charge in [-0.15, -0.1) is 0 Å². The van der Waals surface area contributed by atoms with Crippen molar-refractivity contribution in [3.8, 4) is 0 Å². The molecule has 1 aromatic carbocycles. The largest absolute Gasteiger partial charge is 0.367 e. The maximum absolute atomic E-state index is 13.6. The zero-order chi connectivity index (χ0) is 17.3. The molecule has 5 nitrogen and oxygen atoms in total. The average Bonchev–Trinajstić information content (AvgIpc) is 3.27. The standard InChI is InChI=1S/C18H18ClN3O2S/c19-12-3-1-4-13-11(12)9-18(14-5-2-8-21(13)14)15(23)20-17(25)22(16(18)24)10-6-7-10/h1,3-4,10,14H,2,5-9H2,(H,20,23,25). The maximum atomic E-state index is 13.6. The van der Waals surface area contributed by atoms with Gasteiger partial charge in [-0.05, 0) is 55.6 Å². The van der Waals surface area contributed by atoms with Crippen molar-refractivity contribution in [2.75, 3.05) is 11.4 Å². The number of carbonyl (C=O) groups excluding carboxylic acids is 2. The molecule has 0 radical (unpaired) electrons. The summed E-state index contributed by atoms with van der Waals surface area (Å²) in [6.07, 6.45) is 4.04. The fraction of sp³-hybridized carbons (Fsp3) is 0.500. The van der Waals surface area contributed by atoms with Crippen LogP contribution in [0.4, 0.5) is 5.69 Å². The van der Waals surface area contributed by atoms with Crippen LogP contribution in [0.5, 0.6) is 0 Å². The first-order valence-corrected chi connectivity index (χ1v) is 9.56. The summed E-state index contributed by atoms with van der Waals surface area (Å²) in [4.78, 5) is 30.6. The molecule has 1 N–H and O–H groups in total. The topological polar surface area (TPSA) is 52.7 Å². The van der Waals surface area contributed by atoms with Gasteiger partial charge in [0.1, 0.15) is 0 Å². The third kappa shape index (κ3) is 1.98. The van der Waals surface area contributed by atoms with Gasteiger partial charge in [0.2, 0.25) is 11.8 Å². The highest BCUT2D eigenvalue weighted by Crippen LogP contribution is 2.50. The van der Waals surface area contributed by atoms with Crippen LogP contribution in [-0.2, 0) is 16.0 Å². The second kappa shape index (κ2) is 5.17. The molecule has 1 saturated carbocycles. The second-order valence-electron chi connectivity index (χ2n) is 7.40. The van der Waals surface area contributed by atoms with Crippen molar-refractivity contribution < 1.29 is 9.59 Å². The number of amides is 2. The van der Waals surface area contributed by atoms with Crippen molar-refractivity contribution >= 4 is 46.4 Å². The van der Waals surface area contributed by atoms with Crippen LogP contribution in [-0.4, -0.2) is 40.5 Å². The lowest BCUT2D eigenvalue weighted by atomic mass is 9.68. The summed E-state index contributed by atoms with van der Waals surface area (Å²) >= 11 is 11.8. The predicted octanol–water partition coefficient (Wildman–Crippen LogP) is 2.26. The molecule has 2 saturated heterocycles. The molecular weight excluding hydrogens is 358 g/mol. The van der Waals surface area contributed by atoms with Gasteiger partial charge in [-0.1, -0.05) is 17.7 Å². The number of halogens is 1. The number of thiocarbonyl (C=S) groups is 1. The van der Waals surface area contributed by atoms with Crippen LogP contribution in [0, 0.1) is 5.41 Å². The first-order valence-electron chi connectivity index (χ1n) is 8.77. The molecule has 0 aromatic heterocycles. The summed E-state index contributed by atoms with van der Waals surface area (Å²) < 4.78 is 0. The summed E-state index contributed by atoms with van der Waals surface area (Å²) in [7, 11) is 0. The van der Waals surface area contributed by atoms with Crippen LogP contribution >= 0.6 is 23.8 Å². The Balaban J connectivity index is 1.69. The van der Waals surface area contributed by atoms with Crippen LogP contribution in [0.15, 0.2) is 18.2 Å². The van der Waals surface area contributed by atoms with Gasteiger partial charge in [0.15, 0.2) is 10.5 Å². The number of anilines is 1. The molecule has 1 spiro atoms. The lowest BCUT2D eigenvalue weighted by Gasteiger charge is -2.50. The molecule has 5 rings (SSSR count). The molecule has 2 unspecified atom stereocenters. The van der Waals surface area contributed by atoms with E-state index >= 15 is 0 Å². The Morgan fingerprint density at radius 2 is 2.04 bits per heavy atom. The fourth-order valence-electron chi connectivity index (χ4n) is 4.74. The van der Waals surface area contributed by atoms with Crippen molar-refractivity contribution in [2.24, 2.45) is 5.41 Å². The predicted molar refractivity (Wildman–Crippen MR) is 98.6 cm³/mol. The van der Waals surface area contributed by atoms with E-state index in [1.165, 1.54) is 0 Å². The number of carbonyl (C=O) groups is 2. The van der Waals surface area contributed by atoms with Crippen LogP contribution in [0.1, 0.15) is 31.2 Å². The highest BCUT2D eigenvalue weighted by molar-refractivity contribution is 7.80. The Hall–Kier alpha value is -1.66. The number of nitrogens with one attached hydrogen (secondary N) is 1. The van der Waals surface area contributed by atoms with Gasteiger partial charge in [-0.3, -0.25) is 14.5 Å². The van der Waals surface area contributed by atoms with Gasteiger partial charge in [0.05, 0.1) is 6.04 Å². The molecule has 3 fully saturated rings. The van der Waals surface area contributed by atoms with E-state index in [9.17, 15) is 9.59 Å². The molecule has 25 heavy (non-hydrogen) atoms. The van der Waals surface area contributed by atoms with E-state index in [0.29, 0.717) is 11.4 Å². The average molecular weight is 376 g/mol. The van der Waals surface area contributed by atoms with Crippen molar-refractivity contribution in [1.82, 2.24) is 10.2 Å². The zero-order valence-corrected chi connectivity index (χ0v) is 15.2. The molecule has 130 valence electrons. The van der Waals surface area contributed by atoms with E-state index in [1.54, 1.807) is 4.90 Å². The maximum Gasteiger partial charge on any atom is 0.247 e. The Bertz CT molecular complexity index is 825. The molecular formula is C18H18ClN3O2S. The Morgan fingerprint density at radius 1 is 1.24 bits per heavy atom. The lowest BCUT2D eigenvalue weighted by molar-refractivity contribution is -0.152. The molecule has 7 heteroatoms. The molecule has 1 aromatic rings. The van der Waals surface area contributed by atoms with Crippen LogP contribution in [0.3, 0.4) is 0 Å². The van der Waals surface area contributed by atoms with E-state index in [-0.39, 0.29) is 29.0 Å². The minimum Gasteiger partial charge on any atom is -0.367 e. The van der Waals surface area contributed by atoms with Crippen LogP contribution in [0.2, 0.25) is 5.02 Å². The van der Waals surface area contributed by atoms with Gasteiger partial charge < -0.3 is 10.2 Å². The minimum absolute atomic E-state index is 0.129.